The Morgan fingerprint density at radius 3 is 2.14 bits per heavy atom. The first-order chi connectivity index (χ1) is 9.60. The molecule has 1 N–H and O–H groups in total. The first-order valence-corrected chi connectivity index (χ1v) is 8.49. The fourth-order valence-electron chi connectivity index (χ4n) is 5.68. The molecule has 0 spiro atoms. The van der Waals surface area contributed by atoms with Gasteiger partial charge in [0.2, 0.25) is 5.91 Å². The van der Waals surface area contributed by atoms with Crippen molar-refractivity contribution in [3.63, 3.8) is 0 Å². The van der Waals surface area contributed by atoms with Gasteiger partial charge in [-0.1, -0.05) is 0 Å². The molecule has 0 radical (unpaired) electrons. The van der Waals surface area contributed by atoms with Gasteiger partial charge >= 0.3 is 0 Å². The summed E-state index contributed by atoms with van der Waals surface area (Å²) in [4.78, 5) is 14.3. The van der Waals surface area contributed by atoms with E-state index in [0.29, 0.717) is 17.7 Å². The third-order valence-corrected chi connectivity index (χ3v) is 5.98. The molecule has 122 valence electrons. The smallest absolute Gasteiger partial charge is 0.222 e. The predicted molar refractivity (Wildman–Crippen MR) is 88.7 cm³/mol. The molecule has 4 saturated carbocycles. The normalized spacial score (nSPS) is 36.4. The number of halogens is 1. The van der Waals surface area contributed by atoms with Crippen molar-refractivity contribution in [2.24, 2.45) is 23.2 Å². The molecule has 4 bridgehead atoms. The van der Waals surface area contributed by atoms with Crippen molar-refractivity contribution in [1.29, 1.82) is 0 Å². The first-order valence-electron chi connectivity index (χ1n) is 8.49. The van der Waals surface area contributed by atoms with E-state index in [2.05, 4.69) is 5.32 Å². The quantitative estimate of drug-likeness (QED) is 0.764. The van der Waals surface area contributed by atoms with Crippen LogP contribution in [0, 0.1) is 23.2 Å². The summed E-state index contributed by atoms with van der Waals surface area (Å²) in [5.74, 6) is 3.29. The molecule has 4 fully saturated rings. The number of nitrogens with zero attached hydrogens (tertiary/aromatic N) is 1. The zero-order valence-electron chi connectivity index (χ0n) is 13.6. The van der Waals surface area contributed by atoms with Crippen LogP contribution in [0.2, 0.25) is 0 Å². The maximum atomic E-state index is 12.2. The number of nitrogens with one attached hydrogen (secondary N) is 1. The Morgan fingerprint density at radius 2 is 1.67 bits per heavy atom. The van der Waals surface area contributed by atoms with Crippen LogP contribution in [0.25, 0.3) is 0 Å². The van der Waals surface area contributed by atoms with Crippen LogP contribution < -0.4 is 5.32 Å². The van der Waals surface area contributed by atoms with Crippen LogP contribution in [-0.2, 0) is 4.79 Å². The van der Waals surface area contributed by atoms with Crippen molar-refractivity contribution in [2.75, 3.05) is 27.2 Å². The average Bonchev–Trinajstić information content (AvgIpc) is 2.36. The minimum atomic E-state index is 0. The molecule has 4 aliphatic carbocycles. The predicted octanol–water partition coefficient (Wildman–Crippen LogP) is 3.08. The summed E-state index contributed by atoms with van der Waals surface area (Å²) in [6.07, 6.45) is 10.3. The van der Waals surface area contributed by atoms with Gasteiger partial charge in [-0.05, 0) is 81.7 Å². The molecule has 4 rings (SSSR count). The summed E-state index contributed by atoms with van der Waals surface area (Å²) in [5.41, 5.74) is 0.488. The Balaban J connectivity index is 0.00000161. The number of carbonyl (C=O) groups excluding carboxylic acids is 1. The van der Waals surface area contributed by atoms with Gasteiger partial charge in [0.25, 0.3) is 0 Å². The molecule has 21 heavy (non-hydrogen) atoms. The lowest BCUT2D eigenvalue weighted by Gasteiger charge is -2.57. The van der Waals surface area contributed by atoms with E-state index in [1.807, 2.05) is 19.0 Å². The molecule has 0 aliphatic heterocycles. The van der Waals surface area contributed by atoms with E-state index in [9.17, 15) is 4.79 Å². The van der Waals surface area contributed by atoms with Crippen molar-refractivity contribution in [3.05, 3.63) is 0 Å². The fraction of sp³-hybridized carbons (Fsp3) is 0.941. The minimum absolute atomic E-state index is 0. The Kier molecular flexibility index (Phi) is 5.59. The van der Waals surface area contributed by atoms with E-state index >= 15 is 0 Å². The van der Waals surface area contributed by atoms with Gasteiger partial charge in [0.05, 0.1) is 0 Å². The molecule has 4 heteroatoms. The van der Waals surface area contributed by atoms with Crippen molar-refractivity contribution in [2.45, 2.75) is 51.4 Å². The minimum Gasteiger partial charge on any atom is -0.345 e. The second-order valence-electron chi connectivity index (χ2n) is 7.87. The lowest BCUT2D eigenvalue weighted by molar-refractivity contribution is -0.135. The van der Waals surface area contributed by atoms with Crippen molar-refractivity contribution in [3.8, 4) is 0 Å². The number of amides is 1. The lowest BCUT2D eigenvalue weighted by Crippen LogP contribution is -2.51. The summed E-state index contributed by atoms with van der Waals surface area (Å²) in [5, 5.41) is 3.12. The summed E-state index contributed by atoms with van der Waals surface area (Å²) in [6.45, 7) is 1.96. The zero-order chi connectivity index (χ0) is 14.2. The fourth-order valence-corrected chi connectivity index (χ4v) is 5.68. The van der Waals surface area contributed by atoms with Gasteiger partial charge in [0, 0.05) is 20.0 Å². The molecular weight excluding hydrogens is 284 g/mol. The highest BCUT2D eigenvalue weighted by Crippen LogP contribution is 2.60. The number of rotatable bonds is 6. The van der Waals surface area contributed by atoms with Gasteiger partial charge < -0.3 is 10.2 Å². The first kappa shape index (κ1) is 17.1. The molecule has 0 aromatic heterocycles. The van der Waals surface area contributed by atoms with Crippen LogP contribution >= 0.6 is 12.4 Å². The SMILES string of the molecule is CNCCCC(=O)N(C)CC12CC3CC(CC(C3)C1)C2.Cl. The van der Waals surface area contributed by atoms with E-state index in [0.717, 1.165) is 37.3 Å². The third-order valence-electron chi connectivity index (χ3n) is 5.98. The molecule has 0 aromatic rings. The highest BCUT2D eigenvalue weighted by molar-refractivity contribution is 5.85. The largest absolute Gasteiger partial charge is 0.345 e. The van der Waals surface area contributed by atoms with Crippen LogP contribution in [0.15, 0.2) is 0 Å². The second-order valence-corrected chi connectivity index (χ2v) is 7.87. The molecule has 3 nitrogen and oxygen atoms in total. The van der Waals surface area contributed by atoms with Gasteiger partial charge in [-0.25, -0.2) is 0 Å². The Bertz CT molecular complexity index is 337. The van der Waals surface area contributed by atoms with E-state index < -0.39 is 0 Å². The van der Waals surface area contributed by atoms with Crippen molar-refractivity contribution in [1.82, 2.24) is 10.2 Å². The number of hydrogen-bond donors (Lipinski definition) is 1. The molecule has 0 atom stereocenters. The van der Waals surface area contributed by atoms with Crippen LogP contribution in [0.5, 0.6) is 0 Å². The number of carbonyl (C=O) groups is 1. The second kappa shape index (κ2) is 6.87. The van der Waals surface area contributed by atoms with Gasteiger partial charge in [-0.3, -0.25) is 4.79 Å². The van der Waals surface area contributed by atoms with Crippen LogP contribution in [-0.4, -0.2) is 38.0 Å². The Morgan fingerprint density at radius 1 is 1.14 bits per heavy atom. The van der Waals surface area contributed by atoms with Crippen LogP contribution in [0.1, 0.15) is 51.4 Å². The van der Waals surface area contributed by atoms with Gasteiger partial charge in [-0.2, -0.15) is 0 Å². The lowest BCUT2D eigenvalue weighted by atomic mass is 9.49. The molecule has 0 aromatic carbocycles. The number of hydrogen-bond acceptors (Lipinski definition) is 2. The average molecular weight is 315 g/mol. The highest BCUT2D eigenvalue weighted by atomic mass is 35.5. The van der Waals surface area contributed by atoms with Gasteiger partial charge in [0.1, 0.15) is 0 Å². The summed E-state index contributed by atoms with van der Waals surface area (Å²) in [6, 6.07) is 0. The molecule has 0 heterocycles. The van der Waals surface area contributed by atoms with E-state index in [4.69, 9.17) is 0 Å². The summed E-state index contributed by atoms with van der Waals surface area (Å²) < 4.78 is 0. The van der Waals surface area contributed by atoms with Crippen molar-refractivity contribution < 1.29 is 4.79 Å². The highest BCUT2D eigenvalue weighted by Gasteiger charge is 2.51. The van der Waals surface area contributed by atoms with Gasteiger partial charge in [-0.15, -0.1) is 12.4 Å². The van der Waals surface area contributed by atoms with E-state index in [-0.39, 0.29) is 12.4 Å². The summed E-state index contributed by atoms with van der Waals surface area (Å²) >= 11 is 0. The molecule has 0 unspecified atom stereocenters. The monoisotopic (exact) mass is 314 g/mol. The Labute approximate surface area is 135 Å². The summed E-state index contributed by atoms with van der Waals surface area (Å²) in [7, 11) is 3.98. The van der Waals surface area contributed by atoms with Crippen LogP contribution in [0.3, 0.4) is 0 Å². The van der Waals surface area contributed by atoms with E-state index in [1.165, 1.54) is 38.5 Å². The zero-order valence-corrected chi connectivity index (χ0v) is 14.4. The molecular formula is C17H31ClN2O. The molecule has 0 saturated heterocycles. The standard InChI is InChI=1S/C17H30N2O.ClH/c1-18-5-3-4-16(20)19(2)12-17-9-13-6-14(10-17)8-15(7-13)11-17;/h13-15,18H,3-12H2,1-2H3;1H. The topological polar surface area (TPSA) is 32.3 Å². The van der Waals surface area contributed by atoms with Crippen molar-refractivity contribution >= 4 is 18.3 Å². The molecule has 1 amide bonds. The van der Waals surface area contributed by atoms with E-state index in [1.54, 1.807) is 0 Å². The Hall–Kier alpha value is -0.280. The third kappa shape index (κ3) is 3.73. The maximum absolute atomic E-state index is 12.2. The maximum Gasteiger partial charge on any atom is 0.222 e. The van der Waals surface area contributed by atoms with Gasteiger partial charge in [0.15, 0.2) is 0 Å². The van der Waals surface area contributed by atoms with Crippen LogP contribution in [0.4, 0.5) is 0 Å². The molecule has 4 aliphatic rings.